The molecule has 4 aromatic rings. The van der Waals surface area contributed by atoms with Crippen molar-refractivity contribution in [2.45, 2.75) is 37.8 Å². The van der Waals surface area contributed by atoms with Gasteiger partial charge in [0.2, 0.25) is 0 Å². The van der Waals surface area contributed by atoms with Crippen LogP contribution in [0.4, 0.5) is 4.79 Å². The minimum Gasteiger partial charge on any atom is -0.410 e. The summed E-state index contributed by atoms with van der Waals surface area (Å²) >= 11 is 3.57. The molecular weight excluding hydrogens is 508 g/mol. The van der Waals surface area contributed by atoms with Crippen molar-refractivity contribution in [1.29, 1.82) is 0 Å². The number of piperidine rings is 1. The van der Waals surface area contributed by atoms with E-state index in [0.717, 1.165) is 65.5 Å². The van der Waals surface area contributed by atoms with Crippen LogP contribution >= 0.6 is 15.9 Å². The Morgan fingerprint density at radius 1 is 1.06 bits per heavy atom. The van der Waals surface area contributed by atoms with Gasteiger partial charge in [0.05, 0.1) is 29.6 Å². The van der Waals surface area contributed by atoms with Gasteiger partial charge in [0.15, 0.2) is 0 Å². The zero-order valence-corrected chi connectivity index (χ0v) is 20.7. The number of fused-ring (bicyclic) bond motifs is 2. The molecule has 6 rings (SSSR count). The number of nitrogens with zero attached hydrogens (tertiary/aromatic N) is 5. The van der Waals surface area contributed by atoms with E-state index in [1.165, 1.54) is 11.1 Å². The smallest absolute Gasteiger partial charge is 0.409 e. The van der Waals surface area contributed by atoms with Gasteiger partial charge in [0.25, 0.3) is 0 Å². The first kappa shape index (κ1) is 22.2. The Hall–Kier alpha value is -3.30. The van der Waals surface area contributed by atoms with Crippen LogP contribution in [0.2, 0.25) is 0 Å². The first-order chi connectivity index (χ1) is 17.0. The first-order valence-corrected chi connectivity index (χ1v) is 12.6. The van der Waals surface area contributed by atoms with Gasteiger partial charge in [-0.05, 0) is 77.0 Å². The maximum atomic E-state index is 11.1. The fourth-order valence-corrected chi connectivity index (χ4v) is 5.78. The van der Waals surface area contributed by atoms with E-state index >= 15 is 0 Å². The van der Waals surface area contributed by atoms with Crippen LogP contribution in [0.25, 0.3) is 22.3 Å². The number of halogens is 1. The van der Waals surface area contributed by atoms with Crippen molar-refractivity contribution in [3.63, 3.8) is 0 Å². The number of hydrogen-bond donors (Lipinski definition) is 1. The van der Waals surface area contributed by atoms with Gasteiger partial charge in [-0.25, -0.2) is 9.78 Å². The quantitative estimate of drug-likeness (QED) is 0.414. The number of amides is 1. The Morgan fingerprint density at radius 2 is 1.89 bits per heavy atom. The first-order valence-electron chi connectivity index (χ1n) is 11.8. The van der Waals surface area contributed by atoms with E-state index < -0.39 is 6.09 Å². The number of rotatable bonds is 4. The van der Waals surface area contributed by atoms with Gasteiger partial charge >= 0.3 is 6.09 Å². The highest BCUT2D eigenvalue weighted by Crippen LogP contribution is 2.33. The molecule has 1 fully saturated rings. The van der Waals surface area contributed by atoms with Crippen molar-refractivity contribution in [3.05, 3.63) is 70.6 Å². The molecule has 8 nitrogen and oxygen atoms in total. The van der Waals surface area contributed by atoms with Crippen molar-refractivity contribution in [2.24, 2.45) is 5.73 Å². The van der Waals surface area contributed by atoms with E-state index in [9.17, 15) is 4.79 Å². The molecule has 1 saturated heterocycles. The molecule has 2 aromatic carbocycles. The second kappa shape index (κ2) is 9.05. The fraction of sp³-hybridized carbons (Fsp3) is 0.308. The minimum atomic E-state index is -0.774. The number of benzene rings is 2. The highest BCUT2D eigenvalue weighted by atomic mass is 79.9. The summed E-state index contributed by atoms with van der Waals surface area (Å²) in [6.45, 7) is 2.07. The number of para-hydroxylation sites is 1. The van der Waals surface area contributed by atoms with Crippen LogP contribution in [0.1, 0.15) is 30.0 Å². The minimum absolute atomic E-state index is 0.375. The lowest BCUT2D eigenvalue weighted by molar-refractivity contribution is 0.134. The van der Waals surface area contributed by atoms with Crippen molar-refractivity contribution in [2.75, 3.05) is 13.1 Å². The molecule has 1 atom stereocenters. The number of ether oxygens (including phenoxy) is 1. The highest BCUT2D eigenvalue weighted by molar-refractivity contribution is 9.10. The molecule has 0 saturated carbocycles. The summed E-state index contributed by atoms with van der Waals surface area (Å²) in [5.41, 5.74) is 11.3. The molecule has 0 bridgehead atoms. The lowest BCUT2D eigenvalue weighted by Gasteiger charge is -2.36. The maximum Gasteiger partial charge on any atom is 0.409 e. The van der Waals surface area contributed by atoms with Crippen molar-refractivity contribution in [1.82, 2.24) is 24.6 Å². The van der Waals surface area contributed by atoms with Crippen LogP contribution in [0.3, 0.4) is 0 Å². The van der Waals surface area contributed by atoms with E-state index in [-0.39, 0.29) is 0 Å². The Kier molecular flexibility index (Phi) is 5.74. The number of carbonyl (C=O) groups excluding carboxylic acids is 1. The van der Waals surface area contributed by atoms with Gasteiger partial charge in [-0.2, -0.15) is 5.10 Å². The van der Waals surface area contributed by atoms with Gasteiger partial charge in [-0.15, -0.1) is 0 Å². The topological polar surface area (TPSA) is 99.2 Å². The average molecular weight is 533 g/mol. The maximum absolute atomic E-state index is 11.1. The molecule has 0 spiro atoms. The van der Waals surface area contributed by atoms with E-state index in [1.807, 2.05) is 42.7 Å². The summed E-state index contributed by atoms with van der Waals surface area (Å²) in [4.78, 5) is 23.0. The number of carbonyl (C=O) groups is 1. The average Bonchev–Trinajstić information content (AvgIpc) is 3.51. The van der Waals surface area contributed by atoms with Gasteiger partial charge in [0.1, 0.15) is 11.3 Å². The van der Waals surface area contributed by atoms with Gasteiger partial charge < -0.3 is 10.5 Å². The molecular formula is C26H25BrN6O2. The molecule has 2 N–H and O–H groups in total. The van der Waals surface area contributed by atoms with E-state index in [0.29, 0.717) is 17.8 Å². The molecule has 0 radical (unpaired) electrons. The van der Waals surface area contributed by atoms with Crippen LogP contribution in [0, 0.1) is 0 Å². The number of nitrogens with two attached hydrogens (primary N) is 1. The van der Waals surface area contributed by atoms with E-state index in [2.05, 4.69) is 47.9 Å². The molecule has 178 valence electrons. The number of hydrogen-bond acceptors (Lipinski definition) is 6. The third kappa shape index (κ3) is 4.41. The SMILES string of the molecule is NC(=O)Oc1ccc2c(c1)CC(N1CCC(n3cc(-c4cnc5cccc(Br)c5n4)cn3)CC1)C2. The molecule has 2 aliphatic rings. The third-order valence-electron chi connectivity index (χ3n) is 7.12. The third-order valence-corrected chi connectivity index (χ3v) is 7.76. The molecule has 1 aliphatic carbocycles. The van der Waals surface area contributed by atoms with Crippen molar-refractivity contribution < 1.29 is 9.53 Å². The zero-order chi connectivity index (χ0) is 23.9. The predicted octanol–water partition coefficient (Wildman–Crippen LogP) is 4.52. The molecule has 35 heavy (non-hydrogen) atoms. The monoisotopic (exact) mass is 532 g/mol. The lowest BCUT2D eigenvalue weighted by atomic mass is 10.0. The molecule has 1 unspecified atom stereocenters. The van der Waals surface area contributed by atoms with Crippen LogP contribution in [-0.2, 0) is 12.8 Å². The number of likely N-dealkylation sites (tertiary alicyclic amines) is 1. The standard InChI is InChI=1S/C26H25BrN6O2/c27-22-2-1-3-23-25(22)31-24(14-29-23)18-13-30-33(15-18)19-6-8-32(9-7-19)20-10-16-4-5-21(35-26(28)34)12-17(16)11-20/h1-5,12-15,19-20H,6-11H2,(H2,28,34). The highest BCUT2D eigenvalue weighted by Gasteiger charge is 2.31. The van der Waals surface area contributed by atoms with Crippen LogP contribution in [0.5, 0.6) is 5.75 Å². The second-order valence-electron chi connectivity index (χ2n) is 9.25. The van der Waals surface area contributed by atoms with E-state index in [4.69, 9.17) is 15.5 Å². The molecule has 1 amide bonds. The number of aromatic nitrogens is 4. The Morgan fingerprint density at radius 3 is 2.71 bits per heavy atom. The Balaban J connectivity index is 1.10. The molecule has 2 aromatic heterocycles. The Bertz CT molecular complexity index is 1410. The van der Waals surface area contributed by atoms with Crippen LogP contribution in [0.15, 0.2) is 59.5 Å². The summed E-state index contributed by atoms with van der Waals surface area (Å²) < 4.78 is 8.08. The lowest BCUT2D eigenvalue weighted by Crippen LogP contribution is -2.42. The fourth-order valence-electron chi connectivity index (χ4n) is 5.33. The predicted molar refractivity (Wildman–Crippen MR) is 136 cm³/mol. The number of primary amides is 1. The molecule has 9 heteroatoms. The summed E-state index contributed by atoms with van der Waals surface area (Å²) in [5.74, 6) is 0.522. The summed E-state index contributed by atoms with van der Waals surface area (Å²) in [5, 5.41) is 4.67. The summed E-state index contributed by atoms with van der Waals surface area (Å²) in [6.07, 6.45) is 9.13. The van der Waals surface area contributed by atoms with Gasteiger partial charge in [-0.3, -0.25) is 14.6 Å². The molecule has 1 aliphatic heterocycles. The zero-order valence-electron chi connectivity index (χ0n) is 19.1. The molecule has 3 heterocycles. The van der Waals surface area contributed by atoms with Crippen molar-refractivity contribution in [3.8, 4) is 17.0 Å². The van der Waals surface area contributed by atoms with E-state index in [1.54, 1.807) is 0 Å². The summed E-state index contributed by atoms with van der Waals surface area (Å²) in [6, 6.07) is 12.6. The summed E-state index contributed by atoms with van der Waals surface area (Å²) in [7, 11) is 0. The van der Waals surface area contributed by atoms with Crippen molar-refractivity contribution >= 4 is 33.1 Å². The van der Waals surface area contributed by atoms with Crippen LogP contribution < -0.4 is 10.5 Å². The normalized spacial score (nSPS) is 18.6. The second-order valence-corrected chi connectivity index (χ2v) is 10.1. The van der Waals surface area contributed by atoms with Gasteiger partial charge in [-0.1, -0.05) is 12.1 Å². The Labute approximate surface area is 211 Å². The van der Waals surface area contributed by atoms with Crippen LogP contribution in [-0.4, -0.2) is 49.9 Å². The van der Waals surface area contributed by atoms with Gasteiger partial charge in [0, 0.05) is 35.4 Å². The largest absolute Gasteiger partial charge is 0.410 e.